The first-order valence-electron chi connectivity index (χ1n) is 10.9. The summed E-state index contributed by atoms with van der Waals surface area (Å²) in [5.41, 5.74) is 1.10. The predicted octanol–water partition coefficient (Wildman–Crippen LogP) is 4.34. The number of nitriles is 1. The van der Waals surface area contributed by atoms with Crippen LogP contribution in [0.2, 0.25) is 0 Å². The van der Waals surface area contributed by atoms with Crippen molar-refractivity contribution in [2.75, 3.05) is 18.9 Å². The fourth-order valence-corrected chi connectivity index (χ4v) is 4.15. The molecule has 8 nitrogen and oxygen atoms in total. The lowest BCUT2D eigenvalue weighted by molar-refractivity contribution is -0.136. The molecule has 3 rings (SSSR count). The van der Waals surface area contributed by atoms with Gasteiger partial charge in [0.1, 0.15) is 11.3 Å². The Kier molecular flexibility index (Phi) is 9.19. The van der Waals surface area contributed by atoms with Gasteiger partial charge in [-0.2, -0.15) is 18.4 Å². The maximum absolute atomic E-state index is 13.1. The second-order valence-corrected chi connectivity index (χ2v) is 8.61. The first-order chi connectivity index (χ1) is 16.8. The molecule has 12 heteroatoms. The van der Waals surface area contributed by atoms with Gasteiger partial charge in [0.05, 0.1) is 30.3 Å². The van der Waals surface area contributed by atoms with E-state index in [0.29, 0.717) is 46.3 Å². The third-order valence-corrected chi connectivity index (χ3v) is 5.88. The summed E-state index contributed by atoms with van der Waals surface area (Å²) in [5, 5.41) is 11.6. The summed E-state index contributed by atoms with van der Waals surface area (Å²) >= 11 is 1.34. The SMILES string of the molecule is N#CCCNC(=O)CCCSc1nc2cc[nH]c2c(=O)n1-c1ccc(OCCCC(F)(F)F)cc1. The van der Waals surface area contributed by atoms with Gasteiger partial charge in [-0.1, -0.05) is 11.8 Å². The average Bonchev–Trinajstić information content (AvgIpc) is 3.29. The van der Waals surface area contributed by atoms with Crippen molar-refractivity contribution in [2.24, 2.45) is 0 Å². The van der Waals surface area contributed by atoms with Crippen LogP contribution in [0.5, 0.6) is 5.75 Å². The molecule has 0 bridgehead atoms. The van der Waals surface area contributed by atoms with Crippen LogP contribution in [0.1, 0.15) is 32.1 Å². The number of nitrogens with zero attached hydrogens (tertiary/aromatic N) is 3. The molecule has 2 aromatic heterocycles. The zero-order valence-electron chi connectivity index (χ0n) is 18.7. The van der Waals surface area contributed by atoms with E-state index in [-0.39, 0.29) is 37.3 Å². The first-order valence-corrected chi connectivity index (χ1v) is 11.9. The third kappa shape index (κ3) is 7.78. The van der Waals surface area contributed by atoms with Crippen molar-refractivity contribution < 1.29 is 22.7 Å². The van der Waals surface area contributed by atoms with Crippen LogP contribution in [0.15, 0.2) is 46.5 Å². The maximum Gasteiger partial charge on any atom is 0.389 e. The van der Waals surface area contributed by atoms with Gasteiger partial charge in [0.15, 0.2) is 5.16 Å². The molecule has 186 valence electrons. The number of alkyl halides is 3. The summed E-state index contributed by atoms with van der Waals surface area (Å²) in [4.78, 5) is 32.4. The number of benzene rings is 1. The van der Waals surface area contributed by atoms with Crippen molar-refractivity contribution in [1.82, 2.24) is 19.9 Å². The van der Waals surface area contributed by atoms with E-state index in [1.54, 1.807) is 36.5 Å². The number of ether oxygens (including phenoxy) is 1. The Labute approximate surface area is 203 Å². The van der Waals surface area contributed by atoms with Gasteiger partial charge >= 0.3 is 6.18 Å². The maximum atomic E-state index is 13.1. The van der Waals surface area contributed by atoms with E-state index >= 15 is 0 Å². The van der Waals surface area contributed by atoms with E-state index in [2.05, 4.69) is 15.3 Å². The fourth-order valence-electron chi connectivity index (χ4n) is 3.20. The second kappa shape index (κ2) is 12.3. The molecule has 3 aromatic rings. The molecule has 2 N–H and O–H groups in total. The molecule has 35 heavy (non-hydrogen) atoms. The van der Waals surface area contributed by atoms with E-state index < -0.39 is 12.6 Å². The summed E-state index contributed by atoms with van der Waals surface area (Å²) in [7, 11) is 0. The van der Waals surface area contributed by atoms with Crippen LogP contribution < -0.4 is 15.6 Å². The molecular formula is C23H24F3N5O3S. The molecule has 2 heterocycles. The van der Waals surface area contributed by atoms with Crippen molar-refractivity contribution in [2.45, 2.75) is 43.4 Å². The zero-order chi connectivity index (χ0) is 25.3. The molecule has 0 saturated heterocycles. The van der Waals surface area contributed by atoms with E-state index in [1.165, 1.54) is 16.3 Å². The Morgan fingerprint density at radius 2 is 2.00 bits per heavy atom. The van der Waals surface area contributed by atoms with Crippen LogP contribution in [0.4, 0.5) is 13.2 Å². The molecule has 0 spiro atoms. The van der Waals surface area contributed by atoms with Gasteiger partial charge in [-0.3, -0.25) is 14.2 Å². The second-order valence-electron chi connectivity index (χ2n) is 7.54. The number of H-pyrrole nitrogens is 1. The molecule has 1 aromatic carbocycles. The van der Waals surface area contributed by atoms with Crippen LogP contribution in [0, 0.1) is 11.3 Å². The third-order valence-electron chi connectivity index (χ3n) is 4.86. The summed E-state index contributed by atoms with van der Waals surface area (Å²) in [6.07, 6.45) is -2.55. The van der Waals surface area contributed by atoms with Gasteiger partial charge in [0, 0.05) is 31.3 Å². The van der Waals surface area contributed by atoms with Gasteiger partial charge in [-0.05, 0) is 43.2 Å². The Balaban J connectivity index is 1.68. The molecule has 0 aliphatic carbocycles. The summed E-state index contributed by atoms with van der Waals surface area (Å²) in [6.45, 7) is 0.246. The number of aromatic amines is 1. The van der Waals surface area contributed by atoms with Crippen molar-refractivity contribution in [3.63, 3.8) is 0 Å². The Bertz CT molecular complexity index is 1230. The van der Waals surface area contributed by atoms with E-state index in [1.807, 2.05) is 6.07 Å². The lowest BCUT2D eigenvalue weighted by atomic mass is 10.3. The largest absolute Gasteiger partial charge is 0.494 e. The van der Waals surface area contributed by atoms with Gasteiger partial charge in [-0.15, -0.1) is 0 Å². The number of nitrogens with one attached hydrogen (secondary N) is 2. The minimum Gasteiger partial charge on any atom is -0.494 e. The van der Waals surface area contributed by atoms with E-state index in [4.69, 9.17) is 10.00 Å². The van der Waals surface area contributed by atoms with Crippen LogP contribution >= 0.6 is 11.8 Å². The molecule has 0 saturated carbocycles. The summed E-state index contributed by atoms with van der Waals surface area (Å²) in [5.74, 6) is 0.793. The van der Waals surface area contributed by atoms with Gasteiger partial charge in [-0.25, -0.2) is 4.98 Å². The molecule has 1 amide bonds. The number of carbonyl (C=O) groups is 1. The molecule has 0 aliphatic rings. The number of halogens is 3. The van der Waals surface area contributed by atoms with Crippen molar-refractivity contribution in [3.05, 3.63) is 46.9 Å². The number of rotatable bonds is 12. The highest BCUT2D eigenvalue weighted by molar-refractivity contribution is 7.99. The molecule has 0 aliphatic heterocycles. The Morgan fingerprint density at radius 1 is 1.23 bits per heavy atom. The molecule has 0 unspecified atom stereocenters. The Morgan fingerprint density at radius 3 is 2.71 bits per heavy atom. The van der Waals surface area contributed by atoms with Crippen molar-refractivity contribution in [1.29, 1.82) is 5.26 Å². The quantitative estimate of drug-likeness (QED) is 0.214. The summed E-state index contributed by atoms with van der Waals surface area (Å²) in [6, 6.07) is 10.1. The number of fused-ring (bicyclic) bond motifs is 1. The van der Waals surface area contributed by atoms with Crippen LogP contribution in [-0.2, 0) is 4.79 Å². The van der Waals surface area contributed by atoms with Gasteiger partial charge < -0.3 is 15.0 Å². The number of carbonyl (C=O) groups excluding carboxylic acids is 1. The number of thioether (sulfide) groups is 1. The standard InChI is InChI=1S/C23H24F3N5O3S/c24-23(25,26)10-2-14-34-17-7-5-16(6-8-17)31-21(33)20-18(9-13-29-20)30-22(31)35-15-1-4-19(32)28-12-3-11-27/h5-9,13,29H,1-4,10,12,14-15H2,(H,28,32). The highest BCUT2D eigenvalue weighted by Gasteiger charge is 2.26. The monoisotopic (exact) mass is 507 g/mol. The van der Waals surface area contributed by atoms with Gasteiger partial charge in [0.2, 0.25) is 5.91 Å². The average molecular weight is 508 g/mol. The van der Waals surface area contributed by atoms with Gasteiger partial charge in [0.25, 0.3) is 5.56 Å². The molecule has 0 radical (unpaired) electrons. The smallest absolute Gasteiger partial charge is 0.389 e. The molecule has 0 fully saturated rings. The minimum absolute atomic E-state index is 0.0695. The minimum atomic E-state index is -4.22. The first kappa shape index (κ1) is 26.2. The number of hydrogen-bond acceptors (Lipinski definition) is 6. The lowest BCUT2D eigenvalue weighted by Gasteiger charge is -2.13. The number of hydrogen-bond donors (Lipinski definition) is 2. The zero-order valence-corrected chi connectivity index (χ0v) is 19.5. The van der Waals surface area contributed by atoms with Crippen molar-refractivity contribution >= 4 is 28.7 Å². The normalized spacial score (nSPS) is 11.4. The van der Waals surface area contributed by atoms with Crippen LogP contribution in [0.3, 0.4) is 0 Å². The number of aromatic nitrogens is 3. The Hall–Kier alpha value is -3.46. The number of amides is 1. The highest BCUT2D eigenvalue weighted by atomic mass is 32.2. The molecule has 0 atom stereocenters. The predicted molar refractivity (Wildman–Crippen MR) is 126 cm³/mol. The van der Waals surface area contributed by atoms with Crippen LogP contribution in [-0.4, -0.2) is 45.5 Å². The fraction of sp³-hybridized carbons (Fsp3) is 0.391. The van der Waals surface area contributed by atoms with Crippen LogP contribution in [0.25, 0.3) is 16.7 Å². The molecular weight excluding hydrogens is 483 g/mol. The van der Waals surface area contributed by atoms with E-state index in [0.717, 1.165) is 0 Å². The highest BCUT2D eigenvalue weighted by Crippen LogP contribution is 2.24. The summed E-state index contributed by atoms with van der Waals surface area (Å²) < 4.78 is 43.6. The van der Waals surface area contributed by atoms with Crippen molar-refractivity contribution in [3.8, 4) is 17.5 Å². The lowest BCUT2D eigenvalue weighted by Crippen LogP contribution is -2.24. The van der Waals surface area contributed by atoms with E-state index in [9.17, 15) is 22.8 Å². The topological polar surface area (TPSA) is 113 Å².